The monoisotopic (exact) mass is 717 g/mol. The zero-order valence-corrected chi connectivity index (χ0v) is 29.2. The lowest BCUT2D eigenvalue weighted by Gasteiger charge is -2.68. The molecule has 0 aromatic heterocycles. The van der Waals surface area contributed by atoms with Crippen LogP contribution in [0.4, 0.5) is 11.4 Å². The molecule has 12 atom stereocenters. The van der Waals surface area contributed by atoms with Crippen LogP contribution in [0, 0.1) is 60.1 Å². The van der Waals surface area contributed by atoms with Gasteiger partial charge in [0.25, 0.3) is 11.4 Å². The second-order valence-electron chi connectivity index (χ2n) is 16.8. The Morgan fingerprint density at radius 2 is 1.53 bits per heavy atom. The summed E-state index contributed by atoms with van der Waals surface area (Å²) in [5, 5.41) is 22.7. The molecule has 53 heavy (non-hydrogen) atoms. The number of carbonyl (C=O) groups excluding carboxylic acids is 2. The highest BCUT2D eigenvalue weighted by Gasteiger charge is 2.95. The van der Waals surface area contributed by atoms with Crippen molar-refractivity contribution in [1.29, 1.82) is 0 Å². The van der Waals surface area contributed by atoms with Crippen molar-refractivity contribution in [1.82, 2.24) is 4.90 Å². The molecule has 3 aromatic carbocycles. The van der Waals surface area contributed by atoms with Gasteiger partial charge in [0.1, 0.15) is 6.10 Å². The molecule has 3 aromatic rings. The van der Waals surface area contributed by atoms with Crippen LogP contribution >= 0.6 is 0 Å². The number of nitro benzene ring substituents is 2. The molecule has 3 saturated heterocycles. The summed E-state index contributed by atoms with van der Waals surface area (Å²) in [6, 6.07) is 21.3. The minimum absolute atomic E-state index is 0.0214. The van der Waals surface area contributed by atoms with E-state index >= 15 is 0 Å². The Balaban J connectivity index is 1.08. The Morgan fingerprint density at radius 1 is 0.887 bits per heavy atom. The van der Waals surface area contributed by atoms with Gasteiger partial charge in [-0.05, 0) is 66.0 Å². The zero-order chi connectivity index (χ0) is 36.7. The minimum Gasteiger partial charge on any atom is -0.458 e. The molecular formula is C41H39N3O9. The third kappa shape index (κ3) is 4.03. The van der Waals surface area contributed by atoms with E-state index in [1.54, 1.807) is 0 Å². The topological polar surface area (TPSA) is 151 Å². The second-order valence-corrected chi connectivity index (χ2v) is 16.8. The molecule has 3 aliphatic heterocycles. The van der Waals surface area contributed by atoms with Gasteiger partial charge in [-0.1, -0.05) is 50.3 Å². The number of piperidine rings is 2. The average molecular weight is 718 g/mol. The lowest BCUT2D eigenvalue weighted by Crippen LogP contribution is -2.73. The van der Waals surface area contributed by atoms with Gasteiger partial charge in [0.05, 0.1) is 33.7 Å². The van der Waals surface area contributed by atoms with Gasteiger partial charge in [-0.3, -0.25) is 25.1 Å². The summed E-state index contributed by atoms with van der Waals surface area (Å²) in [4.78, 5) is 52.4. The van der Waals surface area contributed by atoms with Gasteiger partial charge in [-0.25, -0.2) is 9.59 Å². The molecule has 3 unspecified atom stereocenters. The molecule has 9 aliphatic rings. The number of rotatable bonds is 9. The standard InChI is InChI=1S/C41H39N3O9/c1-23-29-19-30-33-39-18-6-17-38(2)22-42(33)41(37(38)39,53-36(46)26-11-15-28(16-12-26)44(49)50)21-40(30,34(23)51-20-24-7-4-3-5-8-24)32(39)31(29)52-35(45)25-9-13-27(14-10-25)43(47)48/h3-5,7-16,29-34,37H,1,6,17-22H2,2H3/t29-,30+,31+,32+,33?,34-,37-,38+,39+,40?,41+/m1/s1. The number of non-ortho nitro benzene ring substituents is 2. The Bertz CT molecular complexity index is 2110. The zero-order valence-electron chi connectivity index (χ0n) is 29.2. The van der Waals surface area contributed by atoms with E-state index in [0.717, 1.165) is 43.4 Å². The van der Waals surface area contributed by atoms with Crippen LogP contribution in [0.3, 0.4) is 0 Å². The summed E-state index contributed by atoms with van der Waals surface area (Å²) in [5.41, 5.74) is 0.302. The van der Waals surface area contributed by atoms with Gasteiger partial charge in [0.15, 0.2) is 5.72 Å². The smallest absolute Gasteiger partial charge is 0.339 e. The maximum atomic E-state index is 14.2. The summed E-state index contributed by atoms with van der Waals surface area (Å²) < 4.78 is 20.5. The largest absolute Gasteiger partial charge is 0.458 e. The number of esters is 2. The molecule has 6 aliphatic carbocycles. The Labute approximate surface area is 305 Å². The molecule has 0 amide bonds. The highest BCUT2D eigenvalue weighted by Crippen LogP contribution is 2.90. The molecule has 0 N–H and O–H groups in total. The van der Waals surface area contributed by atoms with Crippen LogP contribution in [0.25, 0.3) is 0 Å². The number of nitrogens with zero attached hydrogens (tertiary/aromatic N) is 3. The first-order valence-electron chi connectivity index (χ1n) is 18.5. The molecule has 12 nitrogen and oxygen atoms in total. The van der Waals surface area contributed by atoms with E-state index in [-0.39, 0.29) is 69.1 Å². The summed E-state index contributed by atoms with van der Waals surface area (Å²) in [7, 11) is 0. The summed E-state index contributed by atoms with van der Waals surface area (Å²) in [6.45, 7) is 8.16. The molecule has 9 bridgehead atoms. The number of carbonyl (C=O) groups is 2. The van der Waals surface area contributed by atoms with Crippen LogP contribution in [0.15, 0.2) is 91.0 Å². The summed E-state index contributed by atoms with van der Waals surface area (Å²) in [5.74, 6) is -1.06. The Hall–Kier alpha value is -4.94. The van der Waals surface area contributed by atoms with E-state index in [9.17, 15) is 29.8 Å². The van der Waals surface area contributed by atoms with E-state index in [1.807, 2.05) is 30.3 Å². The number of hydrogen-bond acceptors (Lipinski definition) is 10. The predicted molar refractivity (Wildman–Crippen MR) is 188 cm³/mol. The van der Waals surface area contributed by atoms with Crippen molar-refractivity contribution in [3.63, 3.8) is 0 Å². The van der Waals surface area contributed by atoms with E-state index < -0.39 is 39.0 Å². The van der Waals surface area contributed by atoms with Gasteiger partial charge < -0.3 is 14.2 Å². The lowest BCUT2D eigenvalue weighted by atomic mass is 9.38. The molecule has 9 fully saturated rings. The minimum atomic E-state index is -0.933. The van der Waals surface area contributed by atoms with Gasteiger partial charge in [-0.15, -0.1) is 0 Å². The van der Waals surface area contributed by atoms with Crippen molar-refractivity contribution in [3.8, 4) is 0 Å². The maximum absolute atomic E-state index is 14.2. The van der Waals surface area contributed by atoms with Crippen LogP contribution in [0.2, 0.25) is 0 Å². The van der Waals surface area contributed by atoms with Crippen molar-refractivity contribution in [2.24, 2.45) is 39.9 Å². The van der Waals surface area contributed by atoms with E-state index in [1.165, 1.54) is 48.5 Å². The summed E-state index contributed by atoms with van der Waals surface area (Å²) >= 11 is 0. The van der Waals surface area contributed by atoms with Gasteiger partial charge in [-0.2, -0.15) is 0 Å². The molecule has 12 rings (SSSR count). The van der Waals surface area contributed by atoms with Crippen LogP contribution in [0.5, 0.6) is 0 Å². The number of hydrogen-bond donors (Lipinski definition) is 0. The summed E-state index contributed by atoms with van der Waals surface area (Å²) in [6.07, 6.45) is 3.33. The van der Waals surface area contributed by atoms with Crippen LogP contribution in [-0.2, 0) is 20.8 Å². The first kappa shape index (κ1) is 32.7. The van der Waals surface area contributed by atoms with Crippen molar-refractivity contribution in [3.05, 3.63) is 128 Å². The van der Waals surface area contributed by atoms with Crippen LogP contribution in [0.1, 0.15) is 65.3 Å². The maximum Gasteiger partial charge on any atom is 0.339 e. The highest BCUT2D eigenvalue weighted by atomic mass is 16.6. The number of nitro groups is 2. The third-order valence-corrected chi connectivity index (χ3v) is 14.7. The lowest BCUT2D eigenvalue weighted by molar-refractivity contribution is -0.385. The normalized spacial score (nSPS) is 40.3. The second kappa shape index (κ2) is 10.8. The fourth-order valence-corrected chi connectivity index (χ4v) is 13.6. The molecular weight excluding hydrogens is 678 g/mol. The molecule has 0 radical (unpaired) electrons. The van der Waals surface area contributed by atoms with E-state index in [0.29, 0.717) is 13.0 Å². The first-order valence-corrected chi connectivity index (χ1v) is 18.5. The third-order valence-electron chi connectivity index (χ3n) is 14.7. The van der Waals surface area contributed by atoms with Gasteiger partial charge in [0.2, 0.25) is 0 Å². The SMILES string of the molecule is C=C1[C@H]2C[C@H]3C4N5C[C@]6(C)CCC[C@]47[C@H]([C@H]2OC(=O)c2ccc([N+](=O)[O-])cc2)C3(C[C@]5(OC(=O)c2ccc([N+](=O)[O-])cc2)[C@H]67)[C@@H]1OCc1ccccc1. The van der Waals surface area contributed by atoms with Crippen LogP contribution in [-0.4, -0.2) is 57.2 Å². The Kier molecular flexibility index (Phi) is 6.67. The van der Waals surface area contributed by atoms with Crippen molar-refractivity contribution in [2.45, 2.75) is 69.6 Å². The highest BCUT2D eigenvalue weighted by molar-refractivity contribution is 5.90. The number of benzene rings is 3. The van der Waals surface area contributed by atoms with E-state index in [4.69, 9.17) is 14.2 Å². The van der Waals surface area contributed by atoms with Crippen molar-refractivity contribution < 1.29 is 33.6 Å². The molecule has 272 valence electrons. The van der Waals surface area contributed by atoms with Crippen molar-refractivity contribution >= 4 is 23.3 Å². The molecule has 12 heteroatoms. The van der Waals surface area contributed by atoms with Gasteiger partial charge in [0, 0.05) is 71.9 Å². The fourth-order valence-electron chi connectivity index (χ4n) is 13.6. The van der Waals surface area contributed by atoms with Gasteiger partial charge >= 0.3 is 11.9 Å². The molecule has 3 heterocycles. The van der Waals surface area contributed by atoms with Crippen molar-refractivity contribution in [2.75, 3.05) is 6.54 Å². The molecule has 2 spiro atoms. The first-order chi connectivity index (χ1) is 25.4. The van der Waals surface area contributed by atoms with E-state index in [2.05, 4.69) is 18.4 Å². The average Bonchev–Trinajstić information content (AvgIpc) is 3.53. The quantitative estimate of drug-likeness (QED) is 0.0991. The Morgan fingerprint density at radius 3 is 2.17 bits per heavy atom. The number of ether oxygens (including phenoxy) is 3. The predicted octanol–water partition coefficient (Wildman–Crippen LogP) is 6.88. The molecule has 6 saturated carbocycles. The number of fused-ring (bicyclic) bond motifs is 1. The fraction of sp³-hybridized carbons (Fsp3) is 0.463. The van der Waals surface area contributed by atoms with Crippen LogP contribution < -0.4 is 0 Å².